The number of quaternary nitrogens is 1. The van der Waals surface area contributed by atoms with Gasteiger partial charge in [-0.05, 0) is 35.2 Å². The van der Waals surface area contributed by atoms with E-state index < -0.39 is 0 Å². The highest BCUT2D eigenvalue weighted by Crippen LogP contribution is 2.25. The summed E-state index contributed by atoms with van der Waals surface area (Å²) in [4.78, 5) is 16.8. The van der Waals surface area contributed by atoms with Crippen molar-refractivity contribution >= 4 is 27.5 Å². The fraction of sp³-hybridized carbons (Fsp3) is 0.409. The molecule has 0 radical (unpaired) electrons. The Kier molecular flexibility index (Phi) is 6.28. The number of carbonyl (C=O) groups is 1. The molecule has 1 aliphatic heterocycles. The van der Waals surface area contributed by atoms with Gasteiger partial charge in [-0.25, -0.2) is 4.39 Å². The van der Waals surface area contributed by atoms with Crippen molar-refractivity contribution in [2.45, 2.75) is 13.0 Å². The molecule has 1 fully saturated rings. The molecule has 0 unspecified atom stereocenters. The molecule has 1 aliphatic rings. The summed E-state index contributed by atoms with van der Waals surface area (Å²) in [6, 6.07) is 10.4. The Balaban J connectivity index is 1.49. The van der Waals surface area contributed by atoms with E-state index in [9.17, 15) is 9.18 Å². The number of carbonyl (C=O) groups excluding carboxylic acids is 1. The van der Waals surface area contributed by atoms with Crippen LogP contribution in [0.2, 0.25) is 0 Å². The van der Waals surface area contributed by atoms with Crippen LogP contribution in [0.15, 0.2) is 41.8 Å². The molecule has 2 aromatic heterocycles. The number of aryl methyl sites for hydroxylation is 1. The number of aromatic nitrogens is 1. The first-order valence-corrected chi connectivity index (χ1v) is 11.0. The second kappa shape index (κ2) is 9.07. The maximum atomic E-state index is 13.4. The smallest absolute Gasteiger partial charge is 0.270 e. The normalized spacial score (nSPS) is 15.1. The van der Waals surface area contributed by atoms with E-state index in [-0.39, 0.29) is 11.7 Å². The molecular formula is C22H27FN3O2S+. The zero-order chi connectivity index (χ0) is 20.2. The molecule has 3 aromatic rings. The maximum Gasteiger partial charge on any atom is 0.270 e. The molecule has 154 valence electrons. The van der Waals surface area contributed by atoms with Crippen LogP contribution in [0.4, 0.5) is 4.39 Å². The summed E-state index contributed by atoms with van der Waals surface area (Å²) >= 11 is 1.65. The van der Waals surface area contributed by atoms with Crippen molar-refractivity contribution in [1.82, 2.24) is 9.47 Å². The topological polar surface area (TPSA) is 38.9 Å². The highest BCUT2D eigenvalue weighted by Gasteiger charge is 2.22. The zero-order valence-electron chi connectivity index (χ0n) is 16.7. The molecule has 0 bridgehead atoms. The summed E-state index contributed by atoms with van der Waals surface area (Å²) in [5.41, 5.74) is 2.72. The molecule has 3 heterocycles. The van der Waals surface area contributed by atoms with Crippen molar-refractivity contribution in [2.24, 2.45) is 7.05 Å². The van der Waals surface area contributed by atoms with Crippen LogP contribution in [0.1, 0.15) is 22.5 Å². The molecule has 1 N–H and O–H groups in total. The Morgan fingerprint density at radius 2 is 2.00 bits per heavy atom. The summed E-state index contributed by atoms with van der Waals surface area (Å²) in [5.74, 6) is -0.234. The Morgan fingerprint density at radius 3 is 2.72 bits per heavy atom. The van der Waals surface area contributed by atoms with Crippen LogP contribution in [0, 0.1) is 5.82 Å². The van der Waals surface area contributed by atoms with Crippen molar-refractivity contribution in [2.75, 3.05) is 39.4 Å². The third-order valence-electron chi connectivity index (χ3n) is 5.62. The molecule has 1 amide bonds. The van der Waals surface area contributed by atoms with Gasteiger partial charge in [-0.15, -0.1) is 11.3 Å². The minimum Gasteiger partial charge on any atom is -0.370 e. The number of rotatable bonds is 7. The van der Waals surface area contributed by atoms with Gasteiger partial charge in [0, 0.05) is 26.6 Å². The second-order valence-electron chi connectivity index (χ2n) is 7.58. The summed E-state index contributed by atoms with van der Waals surface area (Å²) < 4.78 is 21.8. The van der Waals surface area contributed by atoms with Crippen LogP contribution >= 0.6 is 11.3 Å². The van der Waals surface area contributed by atoms with Crippen molar-refractivity contribution in [1.29, 1.82) is 0 Å². The van der Waals surface area contributed by atoms with E-state index in [4.69, 9.17) is 4.74 Å². The standard InChI is InChI=1S/C22H26FN3O2S/c1-24-19-7-14-29-21(19)15-20(24)22(27)26(16-17-3-5-18(23)6-4-17)9-2-8-25-10-12-28-13-11-25/h3-7,14-15H,2,8-13,16H2,1H3/p+1. The summed E-state index contributed by atoms with van der Waals surface area (Å²) in [5, 5.41) is 2.04. The molecule has 0 spiro atoms. The van der Waals surface area contributed by atoms with Crippen LogP contribution in [0.3, 0.4) is 0 Å². The van der Waals surface area contributed by atoms with Gasteiger partial charge in [0.15, 0.2) is 0 Å². The summed E-state index contributed by atoms with van der Waals surface area (Å²) in [6.45, 7) is 5.87. The quantitative estimate of drug-likeness (QED) is 0.642. The van der Waals surface area contributed by atoms with Gasteiger partial charge in [0.05, 0.1) is 30.0 Å². The largest absolute Gasteiger partial charge is 0.370 e. The van der Waals surface area contributed by atoms with Crippen LogP contribution < -0.4 is 4.90 Å². The van der Waals surface area contributed by atoms with Crippen LogP contribution in [0.5, 0.6) is 0 Å². The number of nitrogens with one attached hydrogen (secondary N) is 1. The molecule has 1 saturated heterocycles. The number of hydrogen-bond donors (Lipinski definition) is 1. The Bertz CT molecular complexity index is 960. The lowest BCUT2D eigenvalue weighted by Gasteiger charge is -2.26. The zero-order valence-corrected chi connectivity index (χ0v) is 17.5. The minimum absolute atomic E-state index is 0.0252. The van der Waals surface area contributed by atoms with Gasteiger partial charge in [0.1, 0.15) is 24.6 Å². The lowest BCUT2D eigenvalue weighted by Crippen LogP contribution is -3.14. The van der Waals surface area contributed by atoms with E-state index in [1.54, 1.807) is 23.5 Å². The van der Waals surface area contributed by atoms with Gasteiger partial charge in [-0.1, -0.05) is 12.1 Å². The number of halogens is 1. The molecule has 1 aromatic carbocycles. The van der Waals surface area contributed by atoms with Gasteiger partial charge in [0.25, 0.3) is 5.91 Å². The fourth-order valence-electron chi connectivity index (χ4n) is 3.91. The van der Waals surface area contributed by atoms with Crippen molar-refractivity contribution in [3.05, 3.63) is 58.9 Å². The van der Waals surface area contributed by atoms with E-state index in [1.807, 2.05) is 34.0 Å². The molecular weight excluding hydrogens is 389 g/mol. The Labute approximate surface area is 174 Å². The highest BCUT2D eigenvalue weighted by molar-refractivity contribution is 7.17. The van der Waals surface area contributed by atoms with E-state index in [2.05, 4.69) is 0 Å². The molecule has 29 heavy (non-hydrogen) atoms. The van der Waals surface area contributed by atoms with Crippen molar-refractivity contribution < 1.29 is 18.8 Å². The predicted octanol–water partition coefficient (Wildman–Crippen LogP) is 2.33. The lowest BCUT2D eigenvalue weighted by atomic mass is 10.2. The van der Waals surface area contributed by atoms with Gasteiger partial charge in [-0.2, -0.15) is 0 Å². The lowest BCUT2D eigenvalue weighted by molar-refractivity contribution is -0.908. The number of nitrogens with zero attached hydrogens (tertiary/aromatic N) is 2. The summed E-state index contributed by atoms with van der Waals surface area (Å²) in [6.07, 6.45) is 0.932. The van der Waals surface area contributed by atoms with E-state index in [0.29, 0.717) is 18.8 Å². The SMILES string of the molecule is Cn1c(C(=O)N(CCC[NH+]2CCOCC2)Cc2ccc(F)cc2)cc2sccc21. The Hall–Kier alpha value is -2.22. The van der Waals surface area contributed by atoms with Gasteiger partial charge < -0.3 is 19.1 Å². The first-order valence-electron chi connectivity index (χ1n) is 10.1. The predicted molar refractivity (Wildman–Crippen MR) is 113 cm³/mol. The average Bonchev–Trinajstić information content (AvgIpc) is 3.32. The number of fused-ring (bicyclic) bond motifs is 1. The Morgan fingerprint density at radius 1 is 1.24 bits per heavy atom. The molecule has 0 atom stereocenters. The van der Waals surface area contributed by atoms with E-state index in [0.717, 1.165) is 55.0 Å². The van der Waals surface area contributed by atoms with Crippen LogP contribution in [-0.4, -0.2) is 54.8 Å². The second-order valence-corrected chi connectivity index (χ2v) is 8.53. The van der Waals surface area contributed by atoms with Gasteiger partial charge in [0.2, 0.25) is 0 Å². The van der Waals surface area contributed by atoms with Crippen LogP contribution in [-0.2, 0) is 18.3 Å². The van der Waals surface area contributed by atoms with Gasteiger partial charge in [-0.3, -0.25) is 4.79 Å². The fourth-order valence-corrected chi connectivity index (χ4v) is 4.76. The number of morpholine rings is 1. The number of amides is 1. The summed E-state index contributed by atoms with van der Waals surface area (Å²) in [7, 11) is 1.94. The molecule has 5 nitrogen and oxygen atoms in total. The third kappa shape index (κ3) is 4.69. The van der Waals surface area contributed by atoms with E-state index >= 15 is 0 Å². The third-order valence-corrected chi connectivity index (χ3v) is 6.47. The number of benzene rings is 1. The van der Waals surface area contributed by atoms with Crippen molar-refractivity contribution in [3.8, 4) is 0 Å². The van der Waals surface area contributed by atoms with Gasteiger partial charge >= 0.3 is 0 Å². The molecule has 0 aliphatic carbocycles. The number of ether oxygens (including phenoxy) is 1. The number of thiophene rings is 1. The molecule has 0 saturated carbocycles. The van der Waals surface area contributed by atoms with Crippen LogP contribution in [0.25, 0.3) is 10.2 Å². The molecule has 4 rings (SSSR count). The first-order chi connectivity index (χ1) is 14.1. The average molecular weight is 417 g/mol. The maximum absolute atomic E-state index is 13.4. The highest BCUT2D eigenvalue weighted by atomic mass is 32.1. The number of hydrogen-bond acceptors (Lipinski definition) is 3. The minimum atomic E-state index is -0.259. The first kappa shape index (κ1) is 20.1. The monoisotopic (exact) mass is 416 g/mol. The molecule has 7 heteroatoms. The van der Waals surface area contributed by atoms with Crippen molar-refractivity contribution in [3.63, 3.8) is 0 Å². The van der Waals surface area contributed by atoms with E-state index in [1.165, 1.54) is 17.0 Å².